The molecule has 2 aromatic carbocycles. The van der Waals surface area contributed by atoms with Gasteiger partial charge in [0, 0.05) is 31.4 Å². The SMILES string of the molecule is COc1cccc(C2=NC3(CN(S(=O)(=O)CCc4c(C)cc(N(C)C(N)=O)cc4C)C3)C(=O)N2)c1. The lowest BCUT2D eigenvalue weighted by molar-refractivity contribution is -0.127. The number of carbonyl (C=O) groups excluding carboxylic acids is 2. The third kappa shape index (κ3) is 4.61. The van der Waals surface area contributed by atoms with E-state index in [0.29, 0.717) is 29.3 Å². The maximum atomic E-state index is 13.0. The van der Waals surface area contributed by atoms with Crippen LogP contribution >= 0.6 is 0 Å². The van der Waals surface area contributed by atoms with Crippen LogP contribution in [-0.2, 0) is 21.2 Å². The molecule has 2 heterocycles. The van der Waals surface area contributed by atoms with Gasteiger partial charge in [0.2, 0.25) is 10.0 Å². The summed E-state index contributed by atoms with van der Waals surface area (Å²) in [5, 5.41) is 2.78. The van der Waals surface area contributed by atoms with E-state index in [-0.39, 0.29) is 24.7 Å². The summed E-state index contributed by atoms with van der Waals surface area (Å²) >= 11 is 0. The number of rotatable bonds is 7. The van der Waals surface area contributed by atoms with E-state index in [4.69, 9.17) is 10.5 Å². The second kappa shape index (κ2) is 8.97. The number of urea groups is 1. The van der Waals surface area contributed by atoms with E-state index in [2.05, 4.69) is 10.3 Å². The summed E-state index contributed by atoms with van der Waals surface area (Å²) in [4.78, 5) is 30.0. The van der Waals surface area contributed by atoms with Crippen molar-refractivity contribution >= 4 is 33.5 Å². The highest BCUT2D eigenvalue weighted by Gasteiger charge is 2.56. The molecule has 0 saturated carbocycles. The number of amides is 3. The third-order valence-electron chi connectivity index (χ3n) is 6.60. The number of hydrogen-bond acceptors (Lipinski definition) is 6. The highest BCUT2D eigenvalue weighted by Crippen LogP contribution is 2.33. The Balaban J connectivity index is 1.44. The van der Waals surface area contributed by atoms with Crippen molar-refractivity contribution in [3.8, 4) is 5.75 Å². The normalized spacial score (nSPS) is 17.0. The van der Waals surface area contributed by atoms with E-state index in [9.17, 15) is 18.0 Å². The number of sulfonamides is 1. The van der Waals surface area contributed by atoms with Crippen molar-refractivity contribution in [1.82, 2.24) is 9.62 Å². The quantitative estimate of drug-likeness (QED) is 0.593. The Hall–Kier alpha value is -3.44. The lowest BCUT2D eigenvalue weighted by atomic mass is 9.93. The van der Waals surface area contributed by atoms with Crippen LogP contribution in [0.5, 0.6) is 5.75 Å². The number of ether oxygens (including phenoxy) is 1. The Morgan fingerprint density at radius 1 is 1.23 bits per heavy atom. The number of aryl methyl sites for hydroxylation is 2. The zero-order valence-corrected chi connectivity index (χ0v) is 21.0. The lowest BCUT2D eigenvalue weighted by Crippen LogP contribution is -2.66. The minimum atomic E-state index is -3.60. The first-order chi connectivity index (χ1) is 16.5. The molecule has 0 aromatic heterocycles. The van der Waals surface area contributed by atoms with Crippen molar-refractivity contribution in [3.05, 3.63) is 58.7 Å². The molecule has 3 N–H and O–H groups in total. The van der Waals surface area contributed by atoms with E-state index in [1.807, 2.05) is 32.0 Å². The van der Waals surface area contributed by atoms with Gasteiger partial charge in [0.15, 0.2) is 5.54 Å². The molecule has 2 aliphatic heterocycles. The molecule has 0 aliphatic carbocycles. The minimum Gasteiger partial charge on any atom is -0.497 e. The van der Waals surface area contributed by atoms with E-state index >= 15 is 0 Å². The number of nitrogens with zero attached hydrogens (tertiary/aromatic N) is 3. The molecular formula is C24H29N5O5S. The largest absolute Gasteiger partial charge is 0.497 e. The first-order valence-corrected chi connectivity index (χ1v) is 12.7. The van der Waals surface area contributed by atoms with Crippen LogP contribution in [0.3, 0.4) is 0 Å². The zero-order chi connectivity index (χ0) is 25.5. The van der Waals surface area contributed by atoms with Crippen LogP contribution in [0.25, 0.3) is 0 Å². The van der Waals surface area contributed by atoms with Crippen molar-refractivity contribution in [2.45, 2.75) is 25.8 Å². The molecule has 10 nitrogen and oxygen atoms in total. The van der Waals surface area contributed by atoms with Crippen LogP contribution < -0.4 is 20.7 Å². The monoisotopic (exact) mass is 499 g/mol. The smallest absolute Gasteiger partial charge is 0.318 e. The summed E-state index contributed by atoms with van der Waals surface area (Å²) in [7, 11) is -0.453. The van der Waals surface area contributed by atoms with Gasteiger partial charge in [-0.2, -0.15) is 4.31 Å². The number of methoxy groups -OCH3 is 1. The van der Waals surface area contributed by atoms with Gasteiger partial charge in [0.25, 0.3) is 5.91 Å². The molecule has 1 fully saturated rings. The maximum absolute atomic E-state index is 13.0. The van der Waals surface area contributed by atoms with Crippen LogP contribution in [0.2, 0.25) is 0 Å². The average Bonchev–Trinajstić information content (AvgIpc) is 3.14. The summed E-state index contributed by atoms with van der Waals surface area (Å²) < 4.78 is 32.6. The second-order valence-electron chi connectivity index (χ2n) is 8.97. The van der Waals surface area contributed by atoms with Crippen molar-refractivity contribution in [2.75, 3.05) is 37.9 Å². The van der Waals surface area contributed by atoms with Crippen molar-refractivity contribution in [1.29, 1.82) is 0 Å². The predicted molar refractivity (Wildman–Crippen MR) is 133 cm³/mol. The molecule has 1 spiro atoms. The van der Waals surface area contributed by atoms with Crippen LogP contribution in [0.4, 0.5) is 10.5 Å². The number of nitrogens with one attached hydrogen (secondary N) is 1. The number of amidine groups is 1. The fourth-order valence-electron chi connectivity index (χ4n) is 4.42. The van der Waals surface area contributed by atoms with Gasteiger partial charge in [-0.05, 0) is 61.2 Å². The van der Waals surface area contributed by atoms with Gasteiger partial charge in [0.1, 0.15) is 11.6 Å². The number of hydrogen-bond donors (Lipinski definition) is 2. The number of aliphatic imine (C=N–C) groups is 1. The van der Waals surface area contributed by atoms with Gasteiger partial charge in [-0.15, -0.1) is 0 Å². The van der Waals surface area contributed by atoms with Crippen LogP contribution in [0, 0.1) is 13.8 Å². The van der Waals surface area contributed by atoms with Crippen molar-refractivity contribution < 1.29 is 22.7 Å². The fraction of sp³-hybridized carbons (Fsp3) is 0.375. The molecule has 0 atom stereocenters. The molecule has 2 aliphatic rings. The number of benzene rings is 2. The van der Waals surface area contributed by atoms with Gasteiger partial charge >= 0.3 is 6.03 Å². The molecule has 0 unspecified atom stereocenters. The van der Waals surface area contributed by atoms with E-state index in [1.165, 1.54) is 9.21 Å². The van der Waals surface area contributed by atoms with E-state index < -0.39 is 21.6 Å². The summed E-state index contributed by atoms with van der Waals surface area (Å²) in [6, 6.07) is 10.2. The van der Waals surface area contributed by atoms with E-state index in [0.717, 1.165) is 16.7 Å². The van der Waals surface area contributed by atoms with Gasteiger partial charge in [-0.1, -0.05) is 12.1 Å². The first-order valence-electron chi connectivity index (χ1n) is 11.1. The van der Waals surface area contributed by atoms with Gasteiger partial charge in [-0.3, -0.25) is 9.69 Å². The van der Waals surface area contributed by atoms with Crippen LogP contribution in [-0.4, -0.2) is 69.0 Å². The number of anilines is 1. The third-order valence-corrected chi connectivity index (χ3v) is 8.37. The predicted octanol–water partition coefficient (Wildman–Crippen LogP) is 1.33. The molecule has 1 saturated heterocycles. The lowest BCUT2D eigenvalue weighted by Gasteiger charge is -2.42. The molecule has 4 rings (SSSR count). The standard InChI is InChI=1S/C24H29N5O5S/c1-15-10-18(28(3)23(25)31)11-16(2)20(15)8-9-35(32,33)29-13-24(14-29)22(30)26-21(27-24)17-6-5-7-19(12-17)34-4/h5-7,10-12H,8-9,13-14H2,1-4H3,(H2,25,31)(H,26,27,30). The Labute approximate surface area is 204 Å². The first kappa shape index (κ1) is 24.7. The summed E-state index contributed by atoms with van der Waals surface area (Å²) in [5.74, 6) is 0.656. The molecule has 3 amide bonds. The van der Waals surface area contributed by atoms with Gasteiger partial charge in [0.05, 0.1) is 12.9 Å². The fourth-order valence-corrected chi connectivity index (χ4v) is 5.96. The molecule has 0 bridgehead atoms. The Morgan fingerprint density at radius 2 is 1.89 bits per heavy atom. The Morgan fingerprint density at radius 3 is 2.49 bits per heavy atom. The second-order valence-corrected chi connectivity index (χ2v) is 11.1. The zero-order valence-electron chi connectivity index (χ0n) is 20.2. The number of primary amides is 1. The Kier molecular flexibility index (Phi) is 6.32. The molecular weight excluding hydrogens is 470 g/mol. The number of carbonyl (C=O) groups is 2. The van der Waals surface area contributed by atoms with Crippen molar-refractivity contribution in [3.63, 3.8) is 0 Å². The van der Waals surface area contributed by atoms with Gasteiger partial charge < -0.3 is 15.8 Å². The highest BCUT2D eigenvalue weighted by atomic mass is 32.2. The van der Waals surface area contributed by atoms with Gasteiger partial charge in [-0.25, -0.2) is 18.2 Å². The molecule has 11 heteroatoms. The van der Waals surface area contributed by atoms with Crippen molar-refractivity contribution in [2.24, 2.45) is 10.7 Å². The highest BCUT2D eigenvalue weighted by molar-refractivity contribution is 7.89. The summed E-state index contributed by atoms with van der Waals surface area (Å²) in [5.41, 5.74) is 8.27. The molecule has 2 aromatic rings. The van der Waals surface area contributed by atoms with E-state index in [1.54, 1.807) is 32.4 Å². The van der Waals surface area contributed by atoms with Crippen LogP contribution in [0.1, 0.15) is 22.3 Å². The average molecular weight is 500 g/mol. The van der Waals surface area contributed by atoms with Crippen LogP contribution in [0.15, 0.2) is 41.4 Å². The maximum Gasteiger partial charge on any atom is 0.318 e. The number of nitrogens with two attached hydrogens (primary N) is 1. The summed E-state index contributed by atoms with van der Waals surface area (Å²) in [6.07, 6.45) is 0.314. The molecule has 35 heavy (non-hydrogen) atoms. The Bertz CT molecular complexity index is 1310. The molecule has 186 valence electrons. The molecule has 0 radical (unpaired) electrons. The minimum absolute atomic E-state index is 0.00887. The summed E-state index contributed by atoms with van der Waals surface area (Å²) in [6.45, 7) is 3.77. The topological polar surface area (TPSA) is 134 Å².